The summed E-state index contributed by atoms with van der Waals surface area (Å²) in [7, 11) is 0. The molecule has 158 valence electrons. The lowest BCUT2D eigenvalue weighted by molar-refractivity contribution is -0.130. The normalized spacial score (nSPS) is 14.4. The van der Waals surface area contributed by atoms with Crippen LogP contribution in [-0.4, -0.2) is 46.4 Å². The lowest BCUT2D eigenvalue weighted by atomic mass is 10.0. The molecule has 1 aliphatic rings. The predicted octanol–water partition coefficient (Wildman–Crippen LogP) is 4.57. The molecule has 0 radical (unpaired) electrons. The van der Waals surface area contributed by atoms with E-state index in [0.29, 0.717) is 6.42 Å². The van der Waals surface area contributed by atoms with Gasteiger partial charge in [0, 0.05) is 54.7 Å². The van der Waals surface area contributed by atoms with E-state index in [0.717, 1.165) is 48.1 Å². The molecule has 31 heavy (non-hydrogen) atoms. The van der Waals surface area contributed by atoms with Crippen molar-refractivity contribution in [2.75, 3.05) is 31.1 Å². The largest absolute Gasteiger partial charge is 0.368 e. The molecule has 1 saturated heterocycles. The highest BCUT2D eigenvalue weighted by Gasteiger charge is 2.22. The van der Waals surface area contributed by atoms with Crippen molar-refractivity contribution in [1.82, 2.24) is 14.3 Å². The fraction of sp³-hybridized carbons (Fsp3) is 0.280. The number of nitrogens with zero attached hydrogens (tertiary/aromatic N) is 4. The Hall–Kier alpha value is -3.12. The van der Waals surface area contributed by atoms with Crippen molar-refractivity contribution in [1.29, 1.82) is 0 Å². The first-order valence-electron chi connectivity index (χ1n) is 10.7. The smallest absolute Gasteiger partial charge is 0.228 e. The van der Waals surface area contributed by atoms with Crippen molar-refractivity contribution in [3.05, 3.63) is 76.9 Å². The fourth-order valence-electron chi connectivity index (χ4n) is 4.12. The number of amides is 1. The molecule has 0 saturated carbocycles. The number of carbonyl (C=O) groups is 1. The van der Waals surface area contributed by atoms with Crippen molar-refractivity contribution >= 4 is 27.9 Å². The molecule has 0 aliphatic carbocycles. The molecular formula is C25H26N4OS. The molecule has 1 fully saturated rings. The van der Waals surface area contributed by atoms with Crippen LogP contribution in [0.1, 0.15) is 16.8 Å². The van der Waals surface area contributed by atoms with E-state index < -0.39 is 0 Å². The number of imidazole rings is 1. The minimum atomic E-state index is 0.189. The molecule has 0 spiro atoms. The number of rotatable bonds is 4. The topological polar surface area (TPSA) is 40.9 Å². The average molecular weight is 431 g/mol. The molecule has 0 bridgehead atoms. The van der Waals surface area contributed by atoms with Crippen molar-refractivity contribution in [3.8, 4) is 11.3 Å². The molecule has 3 heterocycles. The summed E-state index contributed by atoms with van der Waals surface area (Å²) in [6.45, 7) is 7.51. The van der Waals surface area contributed by atoms with Gasteiger partial charge >= 0.3 is 0 Å². The Bertz CT molecular complexity index is 1220. The summed E-state index contributed by atoms with van der Waals surface area (Å²) in [6, 6.07) is 16.9. The summed E-state index contributed by atoms with van der Waals surface area (Å²) in [6.07, 6.45) is 2.47. The predicted molar refractivity (Wildman–Crippen MR) is 127 cm³/mol. The van der Waals surface area contributed by atoms with Gasteiger partial charge in [-0.2, -0.15) is 0 Å². The summed E-state index contributed by atoms with van der Waals surface area (Å²) in [4.78, 5) is 23.0. The maximum Gasteiger partial charge on any atom is 0.228 e. The highest BCUT2D eigenvalue weighted by atomic mass is 32.1. The van der Waals surface area contributed by atoms with Crippen LogP contribution < -0.4 is 4.90 Å². The number of aromatic nitrogens is 2. The molecule has 0 atom stereocenters. The van der Waals surface area contributed by atoms with Gasteiger partial charge in [0.25, 0.3) is 0 Å². The number of thiazole rings is 1. The number of fused-ring (bicyclic) bond motifs is 1. The van der Waals surface area contributed by atoms with E-state index in [1.807, 2.05) is 11.0 Å². The number of benzene rings is 2. The van der Waals surface area contributed by atoms with Gasteiger partial charge in [0.1, 0.15) is 0 Å². The van der Waals surface area contributed by atoms with Gasteiger partial charge in [-0.05, 0) is 43.2 Å². The number of hydrogen-bond donors (Lipinski definition) is 0. The van der Waals surface area contributed by atoms with Gasteiger partial charge in [-0.3, -0.25) is 9.20 Å². The van der Waals surface area contributed by atoms with E-state index in [1.54, 1.807) is 11.3 Å². The number of piperazine rings is 1. The van der Waals surface area contributed by atoms with Gasteiger partial charge in [-0.15, -0.1) is 11.3 Å². The monoisotopic (exact) mass is 430 g/mol. The molecule has 5 rings (SSSR count). The van der Waals surface area contributed by atoms with Crippen molar-refractivity contribution < 1.29 is 4.79 Å². The summed E-state index contributed by atoms with van der Waals surface area (Å²) < 4.78 is 2.08. The van der Waals surface area contributed by atoms with Crippen LogP contribution in [0, 0.1) is 13.8 Å². The number of carbonyl (C=O) groups excluding carboxylic acids is 1. The first-order valence-corrected chi connectivity index (χ1v) is 11.6. The Morgan fingerprint density at radius 2 is 1.77 bits per heavy atom. The maximum absolute atomic E-state index is 13.0. The van der Waals surface area contributed by atoms with E-state index in [-0.39, 0.29) is 5.91 Å². The Labute approximate surface area is 186 Å². The number of hydrogen-bond acceptors (Lipinski definition) is 4. The minimum absolute atomic E-state index is 0.189. The zero-order valence-electron chi connectivity index (χ0n) is 17.9. The Morgan fingerprint density at radius 1 is 1.00 bits per heavy atom. The first kappa shape index (κ1) is 19.8. The second kappa shape index (κ2) is 8.19. The van der Waals surface area contributed by atoms with Crippen molar-refractivity contribution in [3.63, 3.8) is 0 Å². The highest BCUT2D eigenvalue weighted by molar-refractivity contribution is 7.15. The second-order valence-electron chi connectivity index (χ2n) is 8.18. The molecule has 4 aromatic rings. The van der Waals surface area contributed by atoms with Crippen LogP contribution in [0.2, 0.25) is 0 Å². The van der Waals surface area contributed by atoms with Gasteiger partial charge in [-0.1, -0.05) is 30.3 Å². The average Bonchev–Trinajstić information content (AvgIpc) is 3.38. The van der Waals surface area contributed by atoms with Crippen LogP contribution in [0.25, 0.3) is 16.2 Å². The molecule has 1 aliphatic heterocycles. The Kier molecular flexibility index (Phi) is 5.24. The zero-order chi connectivity index (χ0) is 21.4. The molecule has 5 nitrogen and oxygen atoms in total. The quantitative estimate of drug-likeness (QED) is 0.476. The van der Waals surface area contributed by atoms with E-state index in [2.05, 4.69) is 77.2 Å². The third-order valence-electron chi connectivity index (χ3n) is 6.17. The summed E-state index contributed by atoms with van der Waals surface area (Å²) >= 11 is 1.60. The van der Waals surface area contributed by atoms with E-state index in [9.17, 15) is 4.79 Å². The van der Waals surface area contributed by atoms with Gasteiger partial charge in [0.05, 0.1) is 12.1 Å². The second-order valence-corrected chi connectivity index (χ2v) is 9.02. The number of aryl methyl sites for hydroxylation is 2. The molecular weight excluding hydrogens is 404 g/mol. The zero-order valence-corrected chi connectivity index (χ0v) is 18.7. The van der Waals surface area contributed by atoms with E-state index in [4.69, 9.17) is 4.98 Å². The lowest BCUT2D eigenvalue weighted by Gasteiger charge is -2.36. The summed E-state index contributed by atoms with van der Waals surface area (Å²) in [5, 5.41) is 2.06. The maximum atomic E-state index is 13.0. The Balaban J connectivity index is 1.28. The lowest BCUT2D eigenvalue weighted by Crippen LogP contribution is -2.49. The minimum Gasteiger partial charge on any atom is -0.368 e. The Morgan fingerprint density at radius 3 is 2.52 bits per heavy atom. The van der Waals surface area contributed by atoms with Crippen molar-refractivity contribution in [2.45, 2.75) is 20.3 Å². The molecule has 6 heteroatoms. The van der Waals surface area contributed by atoms with Crippen LogP contribution in [-0.2, 0) is 11.2 Å². The fourth-order valence-corrected chi connectivity index (χ4v) is 4.99. The van der Waals surface area contributed by atoms with Gasteiger partial charge in [0.2, 0.25) is 5.91 Å². The van der Waals surface area contributed by atoms with Gasteiger partial charge in [-0.25, -0.2) is 4.98 Å². The molecule has 0 N–H and O–H groups in total. The van der Waals surface area contributed by atoms with E-state index >= 15 is 0 Å². The van der Waals surface area contributed by atoms with E-state index in [1.165, 1.54) is 16.8 Å². The van der Waals surface area contributed by atoms with Crippen molar-refractivity contribution in [2.24, 2.45) is 0 Å². The molecule has 0 unspecified atom stereocenters. The number of para-hydroxylation sites is 1. The first-order chi connectivity index (χ1) is 15.1. The molecule has 2 aromatic carbocycles. The van der Waals surface area contributed by atoms with Crippen LogP contribution in [0.3, 0.4) is 0 Å². The summed E-state index contributed by atoms with van der Waals surface area (Å²) in [5.41, 5.74) is 6.86. The molecule has 2 aromatic heterocycles. The number of anilines is 1. The van der Waals surface area contributed by atoms with Crippen LogP contribution in [0.5, 0.6) is 0 Å². The standard InChI is InChI=1S/C25H26N4OS/c1-18-8-9-20(14-19(18)2)23-16-29-22(17-31-25(29)26-23)15-24(30)28-12-10-27(11-13-28)21-6-4-3-5-7-21/h3-9,14,16-17H,10-13,15H2,1-2H3. The molecule has 1 amide bonds. The van der Waals surface area contributed by atoms with Crippen LogP contribution in [0.4, 0.5) is 5.69 Å². The van der Waals surface area contributed by atoms with Crippen LogP contribution >= 0.6 is 11.3 Å². The van der Waals surface area contributed by atoms with Gasteiger partial charge in [0.15, 0.2) is 4.96 Å². The summed E-state index contributed by atoms with van der Waals surface area (Å²) in [5.74, 6) is 0.189. The highest BCUT2D eigenvalue weighted by Crippen LogP contribution is 2.26. The van der Waals surface area contributed by atoms with Crippen LogP contribution in [0.15, 0.2) is 60.1 Å². The third kappa shape index (κ3) is 3.95. The third-order valence-corrected chi connectivity index (χ3v) is 7.06. The SMILES string of the molecule is Cc1ccc(-c2cn3c(CC(=O)N4CCN(c5ccccc5)CC4)csc3n2)cc1C. The van der Waals surface area contributed by atoms with Gasteiger partial charge < -0.3 is 9.80 Å².